The summed E-state index contributed by atoms with van der Waals surface area (Å²) in [7, 11) is 1.71. The molecule has 2 N–H and O–H groups in total. The summed E-state index contributed by atoms with van der Waals surface area (Å²) in [4.78, 5) is 25.6. The number of hydrogen-bond acceptors (Lipinski definition) is 6. The summed E-state index contributed by atoms with van der Waals surface area (Å²) in [6.45, 7) is 1.27. The zero-order valence-electron chi connectivity index (χ0n) is 15.1. The van der Waals surface area contributed by atoms with Crippen LogP contribution in [0.15, 0.2) is 47.1 Å². The largest absolute Gasteiger partial charge is 0.486 e. The van der Waals surface area contributed by atoms with E-state index in [0.29, 0.717) is 37.0 Å². The molecule has 144 valence electrons. The lowest BCUT2D eigenvalue weighted by Gasteiger charge is -2.26. The van der Waals surface area contributed by atoms with E-state index < -0.39 is 0 Å². The Hall–Kier alpha value is -3.00. The van der Waals surface area contributed by atoms with Gasteiger partial charge >= 0.3 is 0 Å². The Kier molecular flexibility index (Phi) is 6.32. The lowest BCUT2D eigenvalue weighted by molar-refractivity contribution is -0.125. The van der Waals surface area contributed by atoms with E-state index in [-0.39, 0.29) is 31.0 Å². The van der Waals surface area contributed by atoms with Crippen LogP contribution >= 0.6 is 0 Å². The molecular weight excluding hydrogens is 350 g/mol. The molecule has 2 aromatic rings. The van der Waals surface area contributed by atoms with Crippen LogP contribution in [-0.2, 0) is 16.1 Å². The number of rotatable bonds is 8. The van der Waals surface area contributed by atoms with Gasteiger partial charge in [-0.05, 0) is 31.3 Å². The normalized spacial score (nSPS) is 15.4. The summed E-state index contributed by atoms with van der Waals surface area (Å²) < 4.78 is 16.6. The zero-order valence-corrected chi connectivity index (χ0v) is 15.1. The number of hydrogen-bond donors (Lipinski definition) is 2. The molecule has 2 amide bonds. The molecule has 27 heavy (non-hydrogen) atoms. The van der Waals surface area contributed by atoms with Gasteiger partial charge < -0.3 is 24.5 Å². The number of fused-ring (bicyclic) bond motifs is 1. The summed E-state index contributed by atoms with van der Waals surface area (Å²) in [6, 6.07) is 11.0. The van der Waals surface area contributed by atoms with E-state index in [9.17, 15) is 9.59 Å². The average molecular weight is 373 g/mol. The average Bonchev–Trinajstić information content (AvgIpc) is 3.18. The van der Waals surface area contributed by atoms with Crippen LogP contribution in [0.25, 0.3) is 0 Å². The van der Waals surface area contributed by atoms with Crippen molar-refractivity contribution < 1.29 is 23.5 Å². The van der Waals surface area contributed by atoms with Crippen molar-refractivity contribution in [1.29, 1.82) is 0 Å². The first-order chi connectivity index (χ1) is 13.1. The van der Waals surface area contributed by atoms with E-state index >= 15 is 0 Å². The molecule has 2 heterocycles. The highest BCUT2D eigenvalue weighted by molar-refractivity contribution is 5.81. The number of amides is 2. The van der Waals surface area contributed by atoms with E-state index in [2.05, 4.69) is 10.6 Å². The number of benzene rings is 1. The highest BCUT2D eigenvalue weighted by Gasteiger charge is 2.21. The highest BCUT2D eigenvalue weighted by atomic mass is 16.6. The SMILES string of the molecule is CN(CC(=O)NCc1ccco1)CC(=O)NCC1COc2ccccc2O1. The Bertz CT molecular complexity index is 762. The second kappa shape index (κ2) is 9.09. The third-order valence-corrected chi connectivity index (χ3v) is 3.96. The maximum absolute atomic E-state index is 12.1. The molecule has 1 unspecified atom stereocenters. The highest BCUT2D eigenvalue weighted by Crippen LogP contribution is 2.30. The quantitative estimate of drug-likeness (QED) is 0.711. The Morgan fingerprint density at radius 1 is 1.07 bits per heavy atom. The molecule has 1 aromatic carbocycles. The number of nitrogens with zero attached hydrogens (tertiary/aromatic N) is 1. The summed E-state index contributed by atoms with van der Waals surface area (Å²) >= 11 is 0. The second-order valence-corrected chi connectivity index (χ2v) is 6.33. The molecule has 0 fully saturated rings. The fourth-order valence-corrected chi connectivity index (χ4v) is 2.65. The monoisotopic (exact) mass is 373 g/mol. The van der Waals surface area contributed by atoms with Crippen molar-refractivity contribution >= 4 is 11.8 Å². The van der Waals surface area contributed by atoms with Crippen molar-refractivity contribution in [2.24, 2.45) is 0 Å². The number of carbonyl (C=O) groups is 2. The van der Waals surface area contributed by atoms with Gasteiger partial charge in [0, 0.05) is 0 Å². The number of ether oxygens (including phenoxy) is 2. The van der Waals surface area contributed by atoms with Gasteiger partial charge in [0.05, 0.1) is 32.4 Å². The molecule has 0 spiro atoms. The molecule has 1 atom stereocenters. The van der Waals surface area contributed by atoms with E-state index in [1.165, 1.54) is 0 Å². The Morgan fingerprint density at radius 3 is 2.56 bits per heavy atom. The third kappa shape index (κ3) is 5.75. The summed E-state index contributed by atoms with van der Waals surface area (Å²) in [5, 5.41) is 5.55. The molecule has 0 radical (unpaired) electrons. The Balaban J connectivity index is 1.33. The first-order valence-electron chi connectivity index (χ1n) is 8.73. The van der Waals surface area contributed by atoms with Crippen molar-refractivity contribution in [1.82, 2.24) is 15.5 Å². The molecule has 0 bridgehead atoms. The smallest absolute Gasteiger partial charge is 0.234 e. The minimum absolute atomic E-state index is 0.109. The molecule has 0 saturated carbocycles. The molecule has 1 aliphatic rings. The maximum Gasteiger partial charge on any atom is 0.234 e. The first-order valence-corrected chi connectivity index (χ1v) is 8.73. The van der Waals surface area contributed by atoms with Gasteiger partial charge in [-0.3, -0.25) is 14.5 Å². The van der Waals surface area contributed by atoms with Crippen molar-refractivity contribution in [3.8, 4) is 11.5 Å². The Labute approximate surface area is 157 Å². The number of furan rings is 1. The summed E-state index contributed by atoms with van der Waals surface area (Å²) in [5.74, 6) is 1.70. The molecule has 8 nitrogen and oxygen atoms in total. The lowest BCUT2D eigenvalue weighted by Crippen LogP contribution is -2.45. The minimum atomic E-state index is -0.245. The van der Waals surface area contributed by atoms with E-state index in [0.717, 1.165) is 0 Å². The van der Waals surface area contributed by atoms with Gasteiger partial charge in [0.1, 0.15) is 18.5 Å². The van der Waals surface area contributed by atoms with Crippen LogP contribution in [0, 0.1) is 0 Å². The number of carbonyl (C=O) groups excluding carboxylic acids is 2. The molecule has 1 aliphatic heterocycles. The summed E-state index contributed by atoms with van der Waals surface area (Å²) in [5.41, 5.74) is 0. The summed E-state index contributed by atoms with van der Waals surface area (Å²) in [6.07, 6.45) is 1.31. The molecule has 0 aliphatic carbocycles. The predicted molar refractivity (Wildman–Crippen MR) is 97.4 cm³/mol. The van der Waals surface area contributed by atoms with Gasteiger partial charge in [0.2, 0.25) is 11.8 Å². The number of para-hydroxylation sites is 2. The number of nitrogens with one attached hydrogen (secondary N) is 2. The minimum Gasteiger partial charge on any atom is -0.486 e. The van der Waals surface area contributed by atoms with Gasteiger partial charge in [0.25, 0.3) is 0 Å². The maximum atomic E-state index is 12.1. The molecule has 0 saturated heterocycles. The molecular formula is C19H23N3O5. The fourth-order valence-electron chi connectivity index (χ4n) is 2.65. The van der Waals surface area contributed by atoms with Crippen molar-refractivity contribution in [2.75, 3.05) is 33.3 Å². The van der Waals surface area contributed by atoms with Gasteiger partial charge in [-0.1, -0.05) is 12.1 Å². The standard InChI is InChI=1S/C19H23N3O5/c1-22(11-18(23)20-9-14-5-4-8-25-14)12-19(24)21-10-15-13-26-16-6-2-3-7-17(16)27-15/h2-8,15H,9-13H2,1H3,(H,20,23)(H,21,24). The van der Waals surface area contributed by atoms with Gasteiger partial charge in [-0.25, -0.2) is 0 Å². The van der Waals surface area contributed by atoms with Crippen molar-refractivity contribution in [3.05, 3.63) is 48.4 Å². The zero-order chi connectivity index (χ0) is 19.1. The van der Waals surface area contributed by atoms with Crippen LogP contribution in [0.3, 0.4) is 0 Å². The number of likely N-dealkylation sites (N-methyl/N-ethyl adjacent to an activating group) is 1. The van der Waals surface area contributed by atoms with Crippen LogP contribution in [0.4, 0.5) is 0 Å². The first kappa shape index (κ1) is 18.8. The van der Waals surface area contributed by atoms with Gasteiger partial charge in [0.15, 0.2) is 11.5 Å². The molecule has 8 heteroatoms. The fraction of sp³-hybridized carbons (Fsp3) is 0.368. The van der Waals surface area contributed by atoms with Crippen LogP contribution in [0.1, 0.15) is 5.76 Å². The molecule has 1 aromatic heterocycles. The lowest BCUT2D eigenvalue weighted by atomic mass is 10.2. The Morgan fingerprint density at radius 2 is 1.81 bits per heavy atom. The van der Waals surface area contributed by atoms with Crippen LogP contribution in [0.5, 0.6) is 11.5 Å². The topological polar surface area (TPSA) is 93.0 Å². The third-order valence-electron chi connectivity index (χ3n) is 3.96. The second-order valence-electron chi connectivity index (χ2n) is 6.33. The van der Waals surface area contributed by atoms with Crippen LogP contribution in [-0.4, -0.2) is 56.1 Å². The van der Waals surface area contributed by atoms with E-state index in [1.54, 1.807) is 30.3 Å². The van der Waals surface area contributed by atoms with Crippen molar-refractivity contribution in [3.63, 3.8) is 0 Å². The van der Waals surface area contributed by atoms with Crippen LogP contribution in [0.2, 0.25) is 0 Å². The van der Waals surface area contributed by atoms with Gasteiger partial charge in [-0.15, -0.1) is 0 Å². The van der Waals surface area contributed by atoms with E-state index in [4.69, 9.17) is 13.9 Å². The predicted octanol–water partition coefficient (Wildman–Crippen LogP) is 0.784. The van der Waals surface area contributed by atoms with Crippen molar-refractivity contribution in [2.45, 2.75) is 12.6 Å². The van der Waals surface area contributed by atoms with Crippen LogP contribution < -0.4 is 20.1 Å². The van der Waals surface area contributed by atoms with Gasteiger partial charge in [-0.2, -0.15) is 0 Å². The van der Waals surface area contributed by atoms with E-state index in [1.807, 2.05) is 24.3 Å². The molecule has 3 rings (SSSR count).